The Morgan fingerprint density at radius 3 is 2.17 bits per heavy atom. The quantitative estimate of drug-likeness (QED) is 0.775. The van der Waals surface area contributed by atoms with E-state index in [1.54, 1.807) is 10.8 Å². The van der Waals surface area contributed by atoms with Crippen molar-refractivity contribution in [1.82, 2.24) is 4.57 Å². The second-order valence-electron chi connectivity index (χ2n) is 5.41. The molecule has 0 saturated carbocycles. The van der Waals surface area contributed by atoms with Crippen LogP contribution in [-0.2, 0) is 6.54 Å². The molecule has 0 atom stereocenters. The molecule has 0 fully saturated rings. The number of hydrogen-bond donors (Lipinski definition) is 1. The number of rotatable bonds is 4. The van der Waals surface area contributed by atoms with Gasteiger partial charge in [-0.2, -0.15) is 5.26 Å². The zero-order valence-corrected chi connectivity index (χ0v) is 13.2. The average molecular weight is 316 g/mol. The van der Waals surface area contributed by atoms with E-state index in [-0.39, 0.29) is 5.69 Å². The maximum absolute atomic E-state index is 11.7. The lowest BCUT2D eigenvalue weighted by atomic mass is 9.98. The lowest BCUT2D eigenvalue weighted by molar-refractivity contribution is 0.0686. The van der Waals surface area contributed by atoms with Gasteiger partial charge >= 0.3 is 5.97 Å². The first-order valence-corrected chi connectivity index (χ1v) is 7.68. The molecule has 4 heteroatoms. The summed E-state index contributed by atoms with van der Waals surface area (Å²) in [6.07, 6.45) is 1.60. The van der Waals surface area contributed by atoms with Gasteiger partial charge in [0.1, 0.15) is 11.8 Å². The van der Waals surface area contributed by atoms with Gasteiger partial charge in [0.2, 0.25) is 0 Å². The molecular weight excluding hydrogens is 300 g/mol. The fraction of sp³-hybridized carbons (Fsp3) is 0.100. The van der Waals surface area contributed by atoms with Crippen molar-refractivity contribution in [2.45, 2.75) is 13.5 Å². The molecule has 0 bridgehead atoms. The number of hydrogen-bond acceptors (Lipinski definition) is 2. The average Bonchev–Trinajstić information content (AvgIpc) is 3.01. The number of carbonyl (C=O) groups is 1. The second kappa shape index (κ2) is 6.43. The molecule has 4 nitrogen and oxygen atoms in total. The van der Waals surface area contributed by atoms with Gasteiger partial charge in [-0.3, -0.25) is 0 Å². The van der Waals surface area contributed by atoms with Crippen molar-refractivity contribution >= 4 is 5.97 Å². The molecule has 0 aliphatic rings. The Kier molecular flexibility index (Phi) is 4.17. The molecule has 24 heavy (non-hydrogen) atoms. The fourth-order valence-corrected chi connectivity index (χ4v) is 2.87. The highest BCUT2D eigenvalue weighted by molar-refractivity contribution is 5.97. The lowest BCUT2D eigenvalue weighted by Gasteiger charge is -2.07. The summed E-state index contributed by atoms with van der Waals surface area (Å²) in [7, 11) is 0. The molecule has 0 radical (unpaired) electrons. The second-order valence-corrected chi connectivity index (χ2v) is 5.41. The van der Waals surface area contributed by atoms with Gasteiger partial charge in [0.05, 0.1) is 5.56 Å². The van der Waals surface area contributed by atoms with Crippen LogP contribution >= 0.6 is 0 Å². The Morgan fingerprint density at radius 2 is 1.62 bits per heavy atom. The molecule has 0 amide bonds. The smallest absolute Gasteiger partial charge is 0.353 e. The van der Waals surface area contributed by atoms with E-state index in [0.29, 0.717) is 17.7 Å². The van der Waals surface area contributed by atoms with Crippen molar-refractivity contribution in [3.05, 3.63) is 72.1 Å². The van der Waals surface area contributed by atoms with Crippen LogP contribution in [0.1, 0.15) is 23.0 Å². The Balaban J connectivity index is 2.11. The van der Waals surface area contributed by atoms with Crippen molar-refractivity contribution in [2.75, 3.05) is 0 Å². The van der Waals surface area contributed by atoms with E-state index >= 15 is 0 Å². The number of aromatic carboxylic acids is 1. The van der Waals surface area contributed by atoms with Crippen LogP contribution in [0.5, 0.6) is 0 Å². The van der Waals surface area contributed by atoms with Crippen molar-refractivity contribution in [1.29, 1.82) is 5.26 Å². The number of carboxylic acid groups (broad SMARTS) is 1. The number of aryl methyl sites for hydroxylation is 1. The molecular formula is C20H16N2O2. The third-order valence-electron chi connectivity index (χ3n) is 4.02. The van der Waals surface area contributed by atoms with E-state index in [1.807, 2.05) is 61.5 Å². The minimum Gasteiger partial charge on any atom is -0.477 e. The van der Waals surface area contributed by atoms with Crippen LogP contribution in [0.3, 0.4) is 0 Å². The highest BCUT2D eigenvalue weighted by atomic mass is 16.4. The topological polar surface area (TPSA) is 66.0 Å². The highest BCUT2D eigenvalue weighted by Crippen LogP contribution is 2.31. The minimum absolute atomic E-state index is 0.154. The van der Waals surface area contributed by atoms with E-state index in [1.165, 1.54) is 0 Å². The maximum Gasteiger partial charge on any atom is 0.353 e. The van der Waals surface area contributed by atoms with Crippen LogP contribution in [0.2, 0.25) is 0 Å². The molecule has 0 unspecified atom stereocenters. The summed E-state index contributed by atoms with van der Waals surface area (Å²) < 4.78 is 1.60. The molecule has 3 aromatic rings. The minimum atomic E-state index is -1.03. The molecule has 3 rings (SSSR count). The number of nitrogens with zero attached hydrogens (tertiary/aromatic N) is 2. The SMILES string of the molecule is CCn1cc(C#N)c(-c2ccc(-c3ccccc3)cc2)c1C(=O)O. The molecule has 0 aliphatic carbocycles. The van der Waals surface area contributed by atoms with Gasteiger partial charge in [0, 0.05) is 18.3 Å². The van der Waals surface area contributed by atoms with Crippen LogP contribution in [-0.4, -0.2) is 15.6 Å². The van der Waals surface area contributed by atoms with Crippen molar-refractivity contribution < 1.29 is 9.90 Å². The monoisotopic (exact) mass is 316 g/mol. The Hall–Kier alpha value is -3.32. The Bertz CT molecular complexity index is 917. The van der Waals surface area contributed by atoms with Crippen molar-refractivity contribution in [2.24, 2.45) is 0 Å². The zero-order chi connectivity index (χ0) is 17.1. The normalized spacial score (nSPS) is 10.3. The summed E-state index contributed by atoms with van der Waals surface area (Å²) in [4.78, 5) is 11.7. The lowest BCUT2D eigenvalue weighted by Crippen LogP contribution is -2.07. The van der Waals surface area contributed by atoms with E-state index in [2.05, 4.69) is 6.07 Å². The first kappa shape index (κ1) is 15.6. The Labute approximate surface area is 140 Å². The summed E-state index contributed by atoms with van der Waals surface area (Å²) >= 11 is 0. The summed E-state index contributed by atoms with van der Waals surface area (Å²) in [6, 6.07) is 19.7. The van der Waals surface area contributed by atoms with E-state index in [4.69, 9.17) is 0 Å². The number of nitriles is 1. The van der Waals surface area contributed by atoms with Gasteiger partial charge in [-0.05, 0) is 23.6 Å². The molecule has 0 aliphatic heterocycles. The largest absolute Gasteiger partial charge is 0.477 e. The van der Waals surface area contributed by atoms with Gasteiger partial charge in [-0.25, -0.2) is 4.79 Å². The van der Waals surface area contributed by atoms with Gasteiger partial charge in [-0.15, -0.1) is 0 Å². The predicted molar refractivity (Wildman–Crippen MR) is 92.7 cm³/mol. The number of carboxylic acids is 1. The van der Waals surface area contributed by atoms with Crippen LogP contribution < -0.4 is 0 Å². The fourth-order valence-electron chi connectivity index (χ4n) is 2.87. The third-order valence-corrected chi connectivity index (χ3v) is 4.02. The zero-order valence-electron chi connectivity index (χ0n) is 13.2. The standard InChI is InChI=1S/C20H16N2O2/c1-2-22-13-17(12-21)18(19(22)20(23)24)16-10-8-15(9-11-16)14-6-4-3-5-7-14/h3-11,13H,2H2,1H3,(H,23,24). The van der Waals surface area contributed by atoms with Crippen LogP contribution in [0, 0.1) is 11.3 Å². The first-order valence-electron chi connectivity index (χ1n) is 7.68. The van der Waals surface area contributed by atoms with E-state index in [0.717, 1.165) is 16.7 Å². The van der Waals surface area contributed by atoms with Crippen molar-refractivity contribution in [3.8, 4) is 28.3 Å². The van der Waals surface area contributed by atoms with Crippen LogP contribution in [0.25, 0.3) is 22.3 Å². The predicted octanol–water partition coefficient (Wildman–Crippen LogP) is 4.41. The maximum atomic E-state index is 11.7. The summed E-state index contributed by atoms with van der Waals surface area (Å²) in [5.74, 6) is -1.03. The first-order chi connectivity index (χ1) is 11.7. The molecule has 1 N–H and O–H groups in total. The van der Waals surface area contributed by atoms with E-state index < -0.39 is 5.97 Å². The molecule has 2 aromatic carbocycles. The van der Waals surface area contributed by atoms with Gasteiger partial charge < -0.3 is 9.67 Å². The molecule has 1 aromatic heterocycles. The highest BCUT2D eigenvalue weighted by Gasteiger charge is 2.22. The molecule has 118 valence electrons. The summed E-state index contributed by atoms with van der Waals surface area (Å²) in [6.45, 7) is 2.36. The van der Waals surface area contributed by atoms with Crippen LogP contribution in [0.4, 0.5) is 0 Å². The summed E-state index contributed by atoms with van der Waals surface area (Å²) in [5, 5.41) is 18.9. The molecule has 0 saturated heterocycles. The number of benzene rings is 2. The van der Waals surface area contributed by atoms with Crippen molar-refractivity contribution in [3.63, 3.8) is 0 Å². The van der Waals surface area contributed by atoms with Gasteiger partial charge in [-0.1, -0.05) is 54.6 Å². The third kappa shape index (κ3) is 2.68. The number of aromatic nitrogens is 1. The Morgan fingerprint density at radius 1 is 1.04 bits per heavy atom. The van der Waals surface area contributed by atoms with Gasteiger partial charge in [0.15, 0.2) is 0 Å². The molecule has 1 heterocycles. The van der Waals surface area contributed by atoms with Crippen LogP contribution in [0.15, 0.2) is 60.8 Å². The van der Waals surface area contributed by atoms with E-state index in [9.17, 15) is 15.2 Å². The summed E-state index contributed by atoms with van der Waals surface area (Å²) in [5.41, 5.74) is 3.88. The van der Waals surface area contributed by atoms with Gasteiger partial charge in [0.25, 0.3) is 0 Å². The molecule has 0 spiro atoms.